The summed E-state index contributed by atoms with van der Waals surface area (Å²) >= 11 is 5.82. The van der Waals surface area contributed by atoms with Crippen molar-refractivity contribution in [1.82, 2.24) is 9.62 Å². The Labute approximate surface area is 117 Å². The lowest BCUT2D eigenvalue weighted by molar-refractivity contribution is -0.109. The molecule has 1 aliphatic heterocycles. The number of benzene rings is 1. The van der Waals surface area contributed by atoms with E-state index in [0.717, 1.165) is 6.42 Å². The van der Waals surface area contributed by atoms with Crippen LogP contribution in [0.1, 0.15) is 6.42 Å². The summed E-state index contributed by atoms with van der Waals surface area (Å²) in [5.41, 5.74) is 0. The van der Waals surface area contributed by atoms with Crippen LogP contribution in [0.4, 0.5) is 0 Å². The van der Waals surface area contributed by atoms with Crippen molar-refractivity contribution >= 4 is 28.0 Å². The van der Waals surface area contributed by atoms with Crippen LogP contribution in [0, 0.1) is 5.92 Å². The summed E-state index contributed by atoms with van der Waals surface area (Å²) in [6.45, 7) is 1.40. The molecule has 0 radical (unpaired) electrons. The van der Waals surface area contributed by atoms with Crippen LogP contribution in [0.3, 0.4) is 0 Å². The van der Waals surface area contributed by atoms with Crippen molar-refractivity contribution in [2.75, 3.05) is 19.6 Å². The number of hydrogen-bond acceptors (Lipinski definition) is 3. The molecule has 0 saturated carbocycles. The minimum Gasteiger partial charge on any atom is -0.358 e. The highest BCUT2D eigenvalue weighted by molar-refractivity contribution is 7.89. The molecule has 0 bridgehead atoms. The summed E-state index contributed by atoms with van der Waals surface area (Å²) in [4.78, 5) is 10.5. The predicted octanol–water partition coefficient (Wildman–Crippen LogP) is 1.10. The van der Waals surface area contributed by atoms with Gasteiger partial charge in [0, 0.05) is 24.7 Å². The third-order valence-corrected chi connectivity index (χ3v) is 5.27. The molecule has 104 valence electrons. The molecule has 1 heterocycles. The van der Waals surface area contributed by atoms with Gasteiger partial charge in [0.2, 0.25) is 16.4 Å². The maximum absolute atomic E-state index is 12.4. The largest absolute Gasteiger partial charge is 0.358 e. The molecule has 1 aliphatic rings. The van der Waals surface area contributed by atoms with Gasteiger partial charge in [-0.15, -0.1) is 0 Å². The number of carbonyl (C=O) groups is 1. The van der Waals surface area contributed by atoms with Crippen LogP contribution in [0.2, 0.25) is 5.02 Å². The van der Waals surface area contributed by atoms with Gasteiger partial charge in [0.05, 0.1) is 4.90 Å². The van der Waals surface area contributed by atoms with Crippen molar-refractivity contribution in [3.63, 3.8) is 0 Å². The van der Waals surface area contributed by atoms with Crippen LogP contribution in [0.15, 0.2) is 29.2 Å². The van der Waals surface area contributed by atoms with E-state index in [9.17, 15) is 13.2 Å². The van der Waals surface area contributed by atoms with Gasteiger partial charge in [0.25, 0.3) is 0 Å². The zero-order valence-electron chi connectivity index (χ0n) is 10.3. The standard InChI is InChI=1S/C12H15ClN2O3S/c13-11-2-1-3-12(6-11)19(17,18)15-5-4-10(8-15)7-14-9-16/h1-3,6,9-10H,4-5,7-8H2,(H,14,16). The Hall–Kier alpha value is -1.11. The highest BCUT2D eigenvalue weighted by atomic mass is 35.5. The normalized spacial score (nSPS) is 20.4. The fourth-order valence-electron chi connectivity index (χ4n) is 2.17. The van der Waals surface area contributed by atoms with Gasteiger partial charge in [-0.25, -0.2) is 8.42 Å². The maximum Gasteiger partial charge on any atom is 0.243 e. The molecule has 1 N–H and O–H groups in total. The molecule has 1 amide bonds. The monoisotopic (exact) mass is 302 g/mol. The average Bonchev–Trinajstić information content (AvgIpc) is 2.86. The Bertz CT molecular complexity index is 562. The molecule has 1 atom stereocenters. The molecule has 1 aromatic rings. The second kappa shape index (κ2) is 5.90. The van der Waals surface area contributed by atoms with Gasteiger partial charge in [-0.3, -0.25) is 4.79 Å². The van der Waals surface area contributed by atoms with Gasteiger partial charge in [0.1, 0.15) is 0 Å². The molecule has 1 unspecified atom stereocenters. The van der Waals surface area contributed by atoms with Crippen LogP contribution in [0.5, 0.6) is 0 Å². The number of nitrogens with one attached hydrogen (secondary N) is 1. The fourth-order valence-corrected chi connectivity index (χ4v) is 4.01. The first-order chi connectivity index (χ1) is 9.04. The summed E-state index contributed by atoms with van der Waals surface area (Å²) < 4.78 is 26.2. The van der Waals surface area contributed by atoms with E-state index in [1.807, 2.05) is 0 Å². The number of carbonyl (C=O) groups excluding carboxylic acids is 1. The van der Waals surface area contributed by atoms with E-state index in [2.05, 4.69) is 5.32 Å². The molecule has 19 heavy (non-hydrogen) atoms. The lowest BCUT2D eigenvalue weighted by atomic mass is 10.1. The summed E-state index contributed by atoms with van der Waals surface area (Å²) in [6, 6.07) is 6.25. The molecular formula is C12H15ClN2O3S. The van der Waals surface area contributed by atoms with Gasteiger partial charge in [-0.1, -0.05) is 17.7 Å². The van der Waals surface area contributed by atoms with Crippen molar-refractivity contribution in [1.29, 1.82) is 0 Å². The topological polar surface area (TPSA) is 66.5 Å². The minimum atomic E-state index is -3.49. The Balaban J connectivity index is 2.11. The summed E-state index contributed by atoms with van der Waals surface area (Å²) in [5.74, 6) is 0.166. The summed E-state index contributed by atoms with van der Waals surface area (Å²) in [6.07, 6.45) is 1.38. The number of amides is 1. The molecule has 2 rings (SSSR count). The molecule has 1 saturated heterocycles. The van der Waals surface area contributed by atoms with Crippen molar-refractivity contribution in [2.24, 2.45) is 5.92 Å². The van der Waals surface area contributed by atoms with Crippen molar-refractivity contribution in [3.8, 4) is 0 Å². The van der Waals surface area contributed by atoms with E-state index in [4.69, 9.17) is 11.6 Å². The SMILES string of the molecule is O=CNCC1CCN(S(=O)(=O)c2cccc(Cl)c2)C1. The Morgan fingerprint density at radius 1 is 1.47 bits per heavy atom. The quantitative estimate of drug-likeness (QED) is 0.828. The van der Waals surface area contributed by atoms with Gasteiger partial charge < -0.3 is 5.32 Å². The first kappa shape index (κ1) is 14.3. The maximum atomic E-state index is 12.4. The second-order valence-corrected chi connectivity index (χ2v) is 6.88. The van der Waals surface area contributed by atoms with E-state index in [1.165, 1.54) is 16.4 Å². The zero-order chi connectivity index (χ0) is 13.9. The van der Waals surface area contributed by atoms with E-state index in [-0.39, 0.29) is 10.8 Å². The lowest BCUT2D eigenvalue weighted by Crippen LogP contribution is -2.30. The molecular weight excluding hydrogens is 288 g/mol. The molecule has 1 fully saturated rings. The molecule has 0 aromatic heterocycles. The third-order valence-electron chi connectivity index (χ3n) is 3.17. The average molecular weight is 303 g/mol. The van der Waals surface area contributed by atoms with Crippen LogP contribution < -0.4 is 5.32 Å². The Kier molecular flexibility index (Phi) is 4.44. The van der Waals surface area contributed by atoms with E-state index in [1.54, 1.807) is 12.1 Å². The number of nitrogens with zero attached hydrogens (tertiary/aromatic N) is 1. The van der Waals surface area contributed by atoms with E-state index >= 15 is 0 Å². The molecule has 1 aromatic carbocycles. The van der Waals surface area contributed by atoms with Gasteiger partial charge >= 0.3 is 0 Å². The van der Waals surface area contributed by atoms with E-state index in [0.29, 0.717) is 31.1 Å². The summed E-state index contributed by atoms with van der Waals surface area (Å²) in [7, 11) is -3.49. The predicted molar refractivity (Wildman–Crippen MR) is 72.4 cm³/mol. The first-order valence-electron chi connectivity index (χ1n) is 5.97. The molecule has 5 nitrogen and oxygen atoms in total. The Morgan fingerprint density at radius 2 is 2.26 bits per heavy atom. The second-order valence-electron chi connectivity index (χ2n) is 4.50. The van der Waals surface area contributed by atoms with Crippen LogP contribution in [-0.2, 0) is 14.8 Å². The summed E-state index contributed by atoms with van der Waals surface area (Å²) in [5, 5.41) is 2.99. The van der Waals surface area contributed by atoms with Crippen molar-refractivity contribution in [2.45, 2.75) is 11.3 Å². The molecule has 0 aliphatic carbocycles. The van der Waals surface area contributed by atoms with Crippen molar-refractivity contribution < 1.29 is 13.2 Å². The minimum absolute atomic E-state index is 0.166. The van der Waals surface area contributed by atoms with Crippen LogP contribution in [0.25, 0.3) is 0 Å². The molecule has 0 spiro atoms. The number of rotatable bonds is 5. The highest BCUT2D eigenvalue weighted by Crippen LogP contribution is 2.25. The highest BCUT2D eigenvalue weighted by Gasteiger charge is 2.32. The zero-order valence-corrected chi connectivity index (χ0v) is 11.8. The molecule has 7 heteroatoms. The van der Waals surface area contributed by atoms with Crippen LogP contribution >= 0.6 is 11.6 Å². The van der Waals surface area contributed by atoms with Crippen molar-refractivity contribution in [3.05, 3.63) is 29.3 Å². The van der Waals surface area contributed by atoms with E-state index < -0.39 is 10.0 Å². The smallest absolute Gasteiger partial charge is 0.243 e. The fraction of sp³-hybridized carbons (Fsp3) is 0.417. The first-order valence-corrected chi connectivity index (χ1v) is 7.78. The van der Waals surface area contributed by atoms with Gasteiger partial charge in [-0.2, -0.15) is 4.31 Å². The lowest BCUT2D eigenvalue weighted by Gasteiger charge is -2.16. The van der Waals surface area contributed by atoms with Crippen LogP contribution in [-0.4, -0.2) is 38.8 Å². The Morgan fingerprint density at radius 3 is 2.95 bits per heavy atom. The third kappa shape index (κ3) is 3.26. The number of hydrogen-bond donors (Lipinski definition) is 1. The van der Waals surface area contributed by atoms with Gasteiger partial charge in [-0.05, 0) is 30.5 Å². The number of sulfonamides is 1. The number of halogens is 1. The van der Waals surface area contributed by atoms with Gasteiger partial charge in [0.15, 0.2) is 0 Å².